The molecule has 3 heteroatoms. The third-order valence-corrected chi connectivity index (χ3v) is 5.02. The largest absolute Gasteiger partial charge is 0.358 e. The molecule has 0 saturated heterocycles. The molecule has 0 aliphatic carbocycles. The SMILES string of the molecule is CC1=C(C)Sc2ccccc2N1.c1ccc(Nc2ccccc2)cc1. The molecule has 0 amide bonds. The van der Waals surface area contributed by atoms with Crippen molar-refractivity contribution < 1.29 is 0 Å². The normalized spacial score (nSPS) is 12.4. The number of anilines is 3. The van der Waals surface area contributed by atoms with Crippen LogP contribution in [0.1, 0.15) is 13.8 Å². The Balaban J connectivity index is 0.000000146. The standard InChI is InChI=1S/C12H11N.C10H11NS/c1-3-7-11(8-4-1)13-12-9-5-2-6-10-12;1-7-8(2)12-10-6-4-3-5-9(10)11-7/h1-10,13H;3-6,11H,1-2H3. The van der Waals surface area contributed by atoms with Crippen LogP contribution in [0.5, 0.6) is 0 Å². The third-order valence-electron chi connectivity index (χ3n) is 3.84. The molecule has 0 saturated carbocycles. The van der Waals surface area contributed by atoms with Gasteiger partial charge in [-0.1, -0.05) is 60.3 Å². The summed E-state index contributed by atoms with van der Waals surface area (Å²) >= 11 is 1.84. The molecule has 1 heterocycles. The zero-order chi connectivity index (χ0) is 17.5. The van der Waals surface area contributed by atoms with Crippen LogP contribution < -0.4 is 10.6 Å². The van der Waals surface area contributed by atoms with E-state index in [0.717, 1.165) is 11.4 Å². The number of benzene rings is 3. The minimum absolute atomic E-state index is 1.12. The Hall–Kier alpha value is -2.65. The Morgan fingerprint density at radius 1 is 0.680 bits per heavy atom. The first-order chi connectivity index (χ1) is 12.2. The number of hydrogen-bond acceptors (Lipinski definition) is 3. The first-order valence-corrected chi connectivity index (χ1v) is 9.12. The molecule has 2 nitrogen and oxygen atoms in total. The lowest BCUT2D eigenvalue weighted by Crippen LogP contribution is -2.02. The van der Waals surface area contributed by atoms with E-state index in [4.69, 9.17) is 0 Å². The summed E-state index contributed by atoms with van der Waals surface area (Å²) in [6.07, 6.45) is 0. The summed E-state index contributed by atoms with van der Waals surface area (Å²) in [7, 11) is 0. The fourth-order valence-corrected chi connectivity index (χ4v) is 3.31. The zero-order valence-electron chi connectivity index (χ0n) is 14.5. The third kappa shape index (κ3) is 4.91. The second-order valence-electron chi connectivity index (χ2n) is 5.76. The minimum Gasteiger partial charge on any atom is -0.358 e. The quantitative estimate of drug-likeness (QED) is 0.528. The lowest BCUT2D eigenvalue weighted by Gasteiger charge is -2.19. The molecule has 2 N–H and O–H groups in total. The highest BCUT2D eigenvalue weighted by Crippen LogP contribution is 2.38. The monoisotopic (exact) mass is 346 g/mol. The summed E-state index contributed by atoms with van der Waals surface area (Å²) in [6.45, 7) is 4.25. The second-order valence-corrected chi connectivity index (χ2v) is 7.02. The molecular weight excluding hydrogens is 324 g/mol. The Morgan fingerprint density at radius 2 is 1.20 bits per heavy atom. The number of para-hydroxylation sites is 3. The summed E-state index contributed by atoms with van der Waals surface area (Å²) in [6, 6.07) is 28.7. The summed E-state index contributed by atoms with van der Waals surface area (Å²) in [4.78, 5) is 2.68. The molecule has 0 bridgehead atoms. The Kier molecular flexibility index (Phi) is 5.81. The van der Waals surface area contributed by atoms with E-state index in [0.29, 0.717) is 0 Å². The van der Waals surface area contributed by atoms with Crippen LogP contribution >= 0.6 is 11.8 Å². The fraction of sp³-hybridized carbons (Fsp3) is 0.0909. The number of allylic oxidation sites excluding steroid dienone is 2. The van der Waals surface area contributed by atoms with Gasteiger partial charge < -0.3 is 10.6 Å². The van der Waals surface area contributed by atoms with Crippen LogP contribution in [0.2, 0.25) is 0 Å². The number of nitrogens with one attached hydrogen (secondary N) is 2. The van der Waals surface area contributed by atoms with Crippen molar-refractivity contribution >= 4 is 28.8 Å². The molecule has 0 unspecified atom stereocenters. The van der Waals surface area contributed by atoms with Gasteiger partial charge in [-0.05, 0) is 50.2 Å². The predicted molar refractivity (Wildman–Crippen MR) is 110 cm³/mol. The van der Waals surface area contributed by atoms with Crippen LogP contribution in [-0.4, -0.2) is 0 Å². The first kappa shape index (κ1) is 17.2. The van der Waals surface area contributed by atoms with Crippen LogP contribution in [0.4, 0.5) is 17.1 Å². The van der Waals surface area contributed by atoms with E-state index < -0.39 is 0 Å². The highest BCUT2D eigenvalue weighted by molar-refractivity contribution is 8.03. The van der Waals surface area contributed by atoms with Crippen molar-refractivity contribution in [1.82, 2.24) is 0 Å². The zero-order valence-corrected chi connectivity index (χ0v) is 15.3. The highest BCUT2D eigenvalue weighted by atomic mass is 32.2. The maximum atomic E-state index is 3.37. The number of thioether (sulfide) groups is 1. The molecule has 0 aromatic heterocycles. The average molecular weight is 346 g/mol. The van der Waals surface area contributed by atoms with Crippen molar-refractivity contribution in [2.75, 3.05) is 10.6 Å². The molecule has 0 fully saturated rings. The molecular formula is C22H22N2S. The summed E-state index contributed by atoms with van der Waals surface area (Å²) in [5, 5.41) is 6.67. The van der Waals surface area contributed by atoms with Crippen molar-refractivity contribution in [2.45, 2.75) is 18.7 Å². The van der Waals surface area contributed by atoms with Gasteiger partial charge in [0.05, 0.1) is 5.69 Å². The van der Waals surface area contributed by atoms with Gasteiger partial charge in [-0.15, -0.1) is 0 Å². The van der Waals surface area contributed by atoms with E-state index in [1.807, 2.05) is 72.4 Å². The van der Waals surface area contributed by atoms with Gasteiger partial charge in [-0.2, -0.15) is 0 Å². The molecule has 3 aromatic carbocycles. The van der Waals surface area contributed by atoms with Crippen LogP contribution in [0.3, 0.4) is 0 Å². The van der Waals surface area contributed by atoms with E-state index in [1.54, 1.807) is 0 Å². The van der Waals surface area contributed by atoms with Crippen molar-refractivity contribution in [3.05, 3.63) is 95.5 Å². The van der Waals surface area contributed by atoms with E-state index in [1.165, 1.54) is 21.2 Å². The molecule has 4 rings (SSSR count). The van der Waals surface area contributed by atoms with Gasteiger partial charge in [-0.3, -0.25) is 0 Å². The molecule has 0 atom stereocenters. The van der Waals surface area contributed by atoms with Crippen LogP contribution in [0.15, 0.2) is 100 Å². The molecule has 1 aliphatic heterocycles. The molecule has 126 valence electrons. The number of hydrogen-bond donors (Lipinski definition) is 2. The van der Waals surface area contributed by atoms with Gasteiger partial charge in [0.1, 0.15) is 0 Å². The van der Waals surface area contributed by atoms with Crippen molar-refractivity contribution in [2.24, 2.45) is 0 Å². The maximum Gasteiger partial charge on any atom is 0.0523 e. The molecule has 3 aromatic rings. The lowest BCUT2D eigenvalue weighted by molar-refractivity contribution is 1.27. The smallest absolute Gasteiger partial charge is 0.0523 e. The first-order valence-electron chi connectivity index (χ1n) is 8.31. The molecule has 0 radical (unpaired) electrons. The van der Waals surface area contributed by atoms with Gasteiger partial charge in [-0.25, -0.2) is 0 Å². The Morgan fingerprint density at radius 3 is 1.80 bits per heavy atom. The van der Waals surface area contributed by atoms with Gasteiger partial charge >= 0.3 is 0 Å². The summed E-state index contributed by atoms with van der Waals surface area (Å²) < 4.78 is 0. The van der Waals surface area contributed by atoms with Gasteiger partial charge in [0.2, 0.25) is 0 Å². The summed E-state index contributed by atoms with van der Waals surface area (Å²) in [5.41, 5.74) is 4.73. The van der Waals surface area contributed by atoms with Gasteiger partial charge in [0, 0.05) is 26.9 Å². The molecule has 25 heavy (non-hydrogen) atoms. The van der Waals surface area contributed by atoms with Crippen molar-refractivity contribution in [3.8, 4) is 0 Å². The predicted octanol–water partition coefficient (Wildman–Crippen LogP) is 6.89. The van der Waals surface area contributed by atoms with Crippen molar-refractivity contribution in [3.63, 3.8) is 0 Å². The number of rotatable bonds is 2. The fourth-order valence-electron chi connectivity index (χ4n) is 2.40. The lowest BCUT2D eigenvalue weighted by atomic mass is 10.3. The van der Waals surface area contributed by atoms with E-state index >= 15 is 0 Å². The topological polar surface area (TPSA) is 24.1 Å². The molecule has 1 aliphatic rings. The van der Waals surface area contributed by atoms with E-state index in [-0.39, 0.29) is 0 Å². The van der Waals surface area contributed by atoms with Crippen molar-refractivity contribution in [1.29, 1.82) is 0 Å². The maximum absolute atomic E-state index is 3.37. The molecule has 0 spiro atoms. The highest BCUT2D eigenvalue weighted by Gasteiger charge is 2.10. The summed E-state index contributed by atoms with van der Waals surface area (Å²) in [5.74, 6) is 0. The van der Waals surface area contributed by atoms with Crippen LogP contribution in [0.25, 0.3) is 0 Å². The van der Waals surface area contributed by atoms with Crippen LogP contribution in [-0.2, 0) is 0 Å². The number of fused-ring (bicyclic) bond motifs is 1. The van der Waals surface area contributed by atoms with E-state index in [9.17, 15) is 0 Å². The van der Waals surface area contributed by atoms with Gasteiger partial charge in [0.25, 0.3) is 0 Å². The minimum atomic E-state index is 1.12. The van der Waals surface area contributed by atoms with Gasteiger partial charge in [0.15, 0.2) is 0 Å². The Labute approximate surface area is 154 Å². The Bertz CT molecular complexity index is 772. The second kappa shape index (κ2) is 8.45. The van der Waals surface area contributed by atoms with Crippen LogP contribution in [0, 0.1) is 0 Å². The average Bonchev–Trinajstić information content (AvgIpc) is 2.65. The van der Waals surface area contributed by atoms with E-state index in [2.05, 4.69) is 48.7 Å².